The molecule has 3 aromatic carbocycles. The summed E-state index contributed by atoms with van der Waals surface area (Å²) in [5.41, 5.74) is 2.92. The van der Waals surface area contributed by atoms with Crippen molar-refractivity contribution in [2.24, 2.45) is 0 Å². The molecular formula is C25H26N2O4. The van der Waals surface area contributed by atoms with Crippen LogP contribution in [0.2, 0.25) is 0 Å². The second-order valence-corrected chi connectivity index (χ2v) is 7.16. The first kappa shape index (κ1) is 21.9. The molecule has 0 aromatic heterocycles. The summed E-state index contributed by atoms with van der Waals surface area (Å²) in [6, 6.07) is 20.8. The lowest BCUT2D eigenvalue weighted by atomic mass is 10.0. The quantitative estimate of drug-likeness (QED) is 0.504. The number of ether oxygens (including phenoxy) is 1. The zero-order valence-electron chi connectivity index (χ0n) is 17.6. The Bertz CT molecular complexity index is 1030. The third-order valence-electron chi connectivity index (χ3n) is 4.93. The number of anilines is 1. The number of aromatic hydroxyl groups is 1. The third kappa shape index (κ3) is 6.09. The number of carbonyl (C=O) groups excluding carboxylic acids is 2. The monoisotopic (exact) mass is 418 g/mol. The number of phenolic OH excluding ortho intramolecular Hbond substituents is 1. The predicted octanol–water partition coefficient (Wildman–Crippen LogP) is 4.46. The Kier molecular flexibility index (Phi) is 7.27. The second kappa shape index (κ2) is 10.3. The van der Waals surface area contributed by atoms with E-state index in [0.717, 1.165) is 17.5 Å². The van der Waals surface area contributed by atoms with Crippen LogP contribution in [0.3, 0.4) is 0 Å². The molecule has 6 heteroatoms. The summed E-state index contributed by atoms with van der Waals surface area (Å²) in [5.74, 6) is -0.136. The van der Waals surface area contributed by atoms with Gasteiger partial charge < -0.3 is 20.5 Å². The second-order valence-electron chi connectivity index (χ2n) is 7.16. The number of benzene rings is 3. The van der Waals surface area contributed by atoms with E-state index in [0.29, 0.717) is 17.0 Å². The Hall–Kier alpha value is -3.80. The number of hydrogen-bond donors (Lipinski definition) is 3. The first-order valence-electron chi connectivity index (χ1n) is 10.1. The topological polar surface area (TPSA) is 87.7 Å². The van der Waals surface area contributed by atoms with Crippen molar-refractivity contribution >= 4 is 17.5 Å². The van der Waals surface area contributed by atoms with Crippen LogP contribution in [0.15, 0.2) is 72.8 Å². The van der Waals surface area contributed by atoms with Crippen molar-refractivity contribution < 1.29 is 19.4 Å². The first-order chi connectivity index (χ1) is 15.0. The van der Waals surface area contributed by atoms with E-state index < -0.39 is 6.04 Å². The number of nitrogens with one attached hydrogen (secondary N) is 2. The molecule has 0 bridgehead atoms. The molecule has 0 spiro atoms. The largest absolute Gasteiger partial charge is 0.508 e. The van der Waals surface area contributed by atoms with Gasteiger partial charge in [0.15, 0.2) is 0 Å². The maximum atomic E-state index is 12.8. The summed E-state index contributed by atoms with van der Waals surface area (Å²) in [4.78, 5) is 25.5. The van der Waals surface area contributed by atoms with Crippen molar-refractivity contribution in [3.63, 3.8) is 0 Å². The Labute approximate surface area is 181 Å². The summed E-state index contributed by atoms with van der Waals surface area (Å²) in [6.07, 6.45) is 0.926. The van der Waals surface area contributed by atoms with E-state index in [2.05, 4.69) is 17.6 Å². The first-order valence-corrected chi connectivity index (χ1v) is 10.1. The van der Waals surface area contributed by atoms with E-state index in [1.165, 1.54) is 19.2 Å². The van der Waals surface area contributed by atoms with Gasteiger partial charge in [-0.3, -0.25) is 9.59 Å². The fourth-order valence-electron chi connectivity index (χ4n) is 3.24. The number of methoxy groups -OCH3 is 1. The van der Waals surface area contributed by atoms with Gasteiger partial charge in [-0.2, -0.15) is 0 Å². The highest BCUT2D eigenvalue weighted by molar-refractivity contribution is 5.96. The molecule has 1 unspecified atom stereocenters. The van der Waals surface area contributed by atoms with E-state index in [4.69, 9.17) is 4.74 Å². The maximum absolute atomic E-state index is 12.8. The van der Waals surface area contributed by atoms with Gasteiger partial charge in [0.1, 0.15) is 11.5 Å². The standard InChI is InChI=1S/C25H26N2O4/c1-3-17-9-11-19(12-10-17)25(30)27-23(18-7-5-4-6-8-18)16-24(29)26-20-13-21(28)15-22(14-20)31-2/h4-15,23,28H,3,16H2,1-2H3,(H,26,29)(H,27,30). The molecule has 160 valence electrons. The number of carbonyl (C=O) groups is 2. The van der Waals surface area contributed by atoms with Crippen LogP contribution in [0, 0.1) is 0 Å². The molecule has 2 amide bonds. The van der Waals surface area contributed by atoms with Gasteiger partial charge in [0.2, 0.25) is 5.91 Å². The zero-order chi connectivity index (χ0) is 22.2. The molecule has 31 heavy (non-hydrogen) atoms. The van der Waals surface area contributed by atoms with Gasteiger partial charge in [-0.25, -0.2) is 0 Å². The molecule has 1 atom stereocenters. The van der Waals surface area contributed by atoms with Crippen LogP contribution < -0.4 is 15.4 Å². The molecule has 3 N–H and O–H groups in total. The summed E-state index contributed by atoms with van der Waals surface area (Å²) in [6.45, 7) is 2.06. The lowest BCUT2D eigenvalue weighted by molar-refractivity contribution is -0.116. The van der Waals surface area contributed by atoms with Gasteiger partial charge in [0.05, 0.1) is 19.6 Å². The van der Waals surface area contributed by atoms with E-state index >= 15 is 0 Å². The lowest BCUT2D eigenvalue weighted by Crippen LogP contribution is -2.31. The molecule has 0 radical (unpaired) electrons. The summed E-state index contributed by atoms with van der Waals surface area (Å²) >= 11 is 0. The van der Waals surface area contributed by atoms with E-state index in [1.807, 2.05) is 42.5 Å². The van der Waals surface area contributed by atoms with E-state index in [-0.39, 0.29) is 24.0 Å². The van der Waals surface area contributed by atoms with Crippen molar-refractivity contribution in [3.05, 3.63) is 89.5 Å². The molecule has 6 nitrogen and oxygen atoms in total. The van der Waals surface area contributed by atoms with Crippen molar-refractivity contribution in [1.82, 2.24) is 5.32 Å². The van der Waals surface area contributed by atoms with Crippen molar-refractivity contribution in [2.75, 3.05) is 12.4 Å². The van der Waals surface area contributed by atoms with Crippen LogP contribution >= 0.6 is 0 Å². The van der Waals surface area contributed by atoms with Gasteiger partial charge >= 0.3 is 0 Å². The van der Waals surface area contributed by atoms with Crippen molar-refractivity contribution in [1.29, 1.82) is 0 Å². The smallest absolute Gasteiger partial charge is 0.251 e. The zero-order valence-corrected chi connectivity index (χ0v) is 17.6. The molecule has 3 aromatic rings. The molecule has 0 aliphatic heterocycles. The minimum Gasteiger partial charge on any atom is -0.508 e. The van der Waals surface area contributed by atoms with E-state index in [9.17, 15) is 14.7 Å². The highest BCUT2D eigenvalue weighted by Gasteiger charge is 2.19. The number of amides is 2. The molecule has 0 fully saturated rings. The van der Waals surface area contributed by atoms with Crippen LogP contribution in [0.5, 0.6) is 11.5 Å². The molecule has 0 saturated carbocycles. The third-order valence-corrected chi connectivity index (χ3v) is 4.93. The highest BCUT2D eigenvalue weighted by atomic mass is 16.5. The van der Waals surface area contributed by atoms with Crippen molar-refractivity contribution in [2.45, 2.75) is 25.8 Å². The van der Waals surface area contributed by atoms with Crippen LogP contribution in [-0.4, -0.2) is 24.0 Å². The maximum Gasteiger partial charge on any atom is 0.251 e. The number of aryl methyl sites for hydroxylation is 1. The minimum absolute atomic E-state index is 0.0157. The van der Waals surface area contributed by atoms with Gasteiger partial charge in [-0.15, -0.1) is 0 Å². The fourth-order valence-corrected chi connectivity index (χ4v) is 3.24. The molecule has 0 saturated heterocycles. The number of rotatable bonds is 8. The fraction of sp³-hybridized carbons (Fsp3) is 0.200. The Morgan fingerprint density at radius 1 is 1.00 bits per heavy atom. The molecule has 0 aliphatic rings. The van der Waals surface area contributed by atoms with E-state index in [1.54, 1.807) is 18.2 Å². The molecule has 3 rings (SSSR count). The summed E-state index contributed by atoms with van der Waals surface area (Å²) < 4.78 is 5.12. The SMILES string of the molecule is CCc1ccc(C(=O)NC(CC(=O)Nc2cc(O)cc(OC)c2)c2ccccc2)cc1. The van der Waals surface area contributed by atoms with Gasteiger partial charge in [-0.1, -0.05) is 49.4 Å². The van der Waals surface area contributed by atoms with Crippen LogP contribution in [-0.2, 0) is 11.2 Å². The summed E-state index contributed by atoms with van der Waals surface area (Å²) in [7, 11) is 1.48. The van der Waals surface area contributed by atoms with Gasteiger partial charge in [0, 0.05) is 29.4 Å². The molecular weight excluding hydrogens is 392 g/mol. The number of hydrogen-bond acceptors (Lipinski definition) is 4. The van der Waals surface area contributed by atoms with Gasteiger partial charge in [0.25, 0.3) is 5.91 Å². The summed E-state index contributed by atoms with van der Waals surface area (Å²) in [5, 5.41) is 15.5. The van der Waals surface area contributed by atoms with Crippen LogP contribution in [0.1, 0.15) is 40.9 Å². The predicted molar refractivity (Wildman–Crippen MR) is 120 cm³/mol. The van der Waals surface area contributed by atoms with Crippen molar-refractivity contribution in [3.8, 4) is 11.5 Å². The minimum atomic E-state index is -0.515. The Morgan fingerprint density at radius 3 is 2.35 bits per heavy atom. The van der Waals surface area contributed by atoms with Crippen LogP contribution in [0.25, 0.3) is 0 Å². The highest BCUT2D eigenvalue weighted by Crippen LogP contribution is 2.26. The average Bonchev–Trinajstić information content (AvgIpc) is 2.78. The average molecular weight is 418 g/mol. The Morgan fingerprint density at radius 2 is 1.71 bits per heavy atom. The lowest BCUT2D eigenvalue weighted by Gasteiger charge is -2.19. The normalized spacial score (nSPS) is 11.4. The van der Waals surface area contributed by atoms with Gasteiger partial charge in [-0.05, 0) is 29.7 Å². The Balaban J connectivity index is 1.75. The molecule has 0 aliphatic carbocycles. The number of phenols is 1. The molecule has 0 heterocycles. The van der Waals surface area contributed by atoms with Crippen LogP contribution in [0.4, 0.5) is 5.69 Å².